The third-order valence-corrected chi connectivity index (χ3v) is 4.66. The minimum atomic E-state index is -0.549. The van der Waals surface area contributed by atoms with Crippen LogP contribution in [0.2, 0.25) is 0 Å². The molecule has 0 aliphatic carbocycles. The summed E-state index contributed by atoms with van der Waals surface area (Å²) in [6, 6.07) is 3.19. The van der Waals surface area contributed by atoms with Crippen LogP contribution in [0.25, 0.3) is 0 Å². The molecule has 126 valence electrons. The first-order chi connectivity index (χ1) is 11.0. The minimum absolute atomic E-state index is 0.0261. The number of amides is 1. The average Bonchev–Trinajstić information content (AvgIpc) is 2.53. The highest BCUT2D eigenvalue weighted by molar-refractivity contribution is 7.98. The van der Waals surface area contributed by atoms with Gasteiger partial charge in [-0.15, -0.1) is 11.8 Å². The van der Waals surface area contributed by atoms with E-state index in [1.54, 1.807) is 0 Å². The van der Waals surface area contributed by atoms with Gasteiger partial charge in [0, 0.05) is 12.1 Å². The molecule has 1 aromatic rings. The second-order valence-electron chi connectivity index (χ2n) is 5.53. The standard InChI is InChI=1S/C15H21N3O4S/c1-9-6-10(4-5-16-9)17-15(19)11-7-14(23-3)13(22-2)8-12(11)18(20)21/h7-10,16H,4-6H2,1-3H3,(H,17,19). The molecule has 0 bridgehead atoms. The number of rotatable bonds is 5. The number of thioether (sulfide) groups is 1. The summed E-state index contributed by atoms with van der Waals surface area (Å²) in [6.45, 7) is 2.88. The molecular formula is C15H21N3O4S. The molecule has 1 fully saturated rings. The van der Waals surface area contributed by atoms with Crippen LogP contribution in [-0.4, -0.2) is 42.8 Å². The molecule has 2 atom stereocenters. The summed E-state index contributed by atoms with van der Waals surface area (Å²) in [5.41, 5.74) is -0.162. The van der Waals surface area contributed by atoms with Gasteiger partial charge in [-0.05, 0) is 38.6 Å². The van der Waals surface area contributed by atoms with E-state index < -0.39 is 10.8 Å². The van der Waals surface area contributed by atoms with Crippen molar-refractivity contribution < 1.29 is 14.5 Å². The highest BCUT2D eigenvalue weighted by Gasteiger charge is 2.27. The highest BCUT2D eigenvalue weighted by atomic mass is 32.2. The molecule has 1 aromatic carbocycles. The van der Waals surface area contributed by atoms with E-state index in [-0.39, 0.29) is 17.3 Å². The fourth-order valence-electron chi connectivity index (χ4n) is 2.73. The topological polar surface area (TPSA) is 93.5 Å². The van der Waals surface area contributed by atoms with Crippen molar-refractivity contribution in [3.63, 3.8) is 0 Å². The molecule has 0 spiro atoms. The summed E-state index contributed by atoms with van der Waals surface area (Å²) in [5, 5.41) is 17.5. The maximum Gasteiger partial charge on any atom is 0.285 e. The van der Waals surface area contributed by atoms with Crippen LogP contribution in [-0.2, 0) is 0 Å². The quantitative estimate of drug-likeness (QED) is 0.485. The van der Waals surface area contributed by atoms with E-state index in [0.717, 1.165) is 19.4 Å². The van der Waals surface area contributed by atoms with Crippen molar-refractivity contribution in [2.45, 2.75) is 36.7 Å². The van der Waals surface area contributed by atoms with Gasteiger partial charge in [0.15, 0.2) is 0 Å². The van der Waals surface area contributed by atoms with Gasteiger partial charge in [0.2, 0.25) is 0 Å². The molecule has 2 unspecified atom stereocenters. The Morgan fingerprint density at radius 2 is 2.26 bits per heavy atom. The predicted molar refractivity (Wildman–Crippen MR) is 89.4 cm³/mol. The lowest BCUT2D eigenvalue weighted by atomic mass is 10.00. The van der Waals surface area contributed by atoms with Gasteiger partial charge in [0.25, 0.3) is 11.6 Å². The molecule has 8 heteroatoms. The van der Waals surface area contributed by atoms with E-state index in [9.17, 15) is 14.9 Å². The zero-order valence-electron chi connectivity index (χ0n) is 13.4. The second-order valence-corrected chi connectivity index (χ2v) is 6.38. The summed E-state index contributed by atoms with van der Waals surface area (Å²) >= 11 is 1.38. The van der Waals surface area contributed by atoms with Gasteiger partial charge in [0.05, 0.1) is 23.0 Å². The molecule has 1 aliphatic heterocycles. The molecule has 23 heavy (non-hydrogen) atoms. The number of carbonyl (C=O) groups excluding carboxylic acids is 1. The van der Waals surface area contributed by atoms with Crippen LogP contribution in [0.3, 0.4) is 0 Å². The number of ether oxygens (including phenoxy) is 1. The van der Waals surface area contributed by atoms with Gasteiger partial charge in [0.1, 0.15) is 11.3 Å². The molecule has 0 radical (unpaired) electrons. The fourth-order valence-corrected chi connectivity index (χ4v) is 3.31. The Bertz CT molecular complexity index is 609. The molecule has 2 rings (SSSR count). The lowest BCUT2D eigenvalue weighted by molar-refractivity contribution is -0.385. The lowest BCUT2D eigenvalue weighted by Gasteiger charge is -2.28. The van der Waals surface area contributed by atoms with E-state index >= 15 is 0 Å². The SMILES string of the molecule is COc1cc([N+](=O)[O-])c(C(=O)NC2CCNC(C)C2)cc1SC. The number of hydrogen-bond acceptors (Lipinski definition) is 6. The number of nitrogens with zero attached hydrogens (tertiary/aromatic N) is 1. The molecular weight excluding hydrogens is 318 g/mol. The van der Waals surface area contributed by atoms with Crippen molar-refractivity contribution >= 4 is 23.4 Å². The highest BCUT2D eigenvalue weighted by Crippen LogP contribution is 2.34. The van der Waals surface area contributed by atoms with Crippen molar-refractivity contribution in [3.05, 3.63) is 27.8 Å². The zero-order chi connectivity index (χ0) is 17.0. The number of carbonyl (C=O) groups is 1. The Kier molecular flexibility index (Phi) is 5.84. The van der Waals surface area contributed by atoms with Gasteiger partial charge in [-0.25, -0.2) is 0 Å². The van der Waals surface area contributed by atoms with Crippen molar-refractivity contribution in [2.75, 3.05) is 19.9 Å². The van der Waals surface area contributed by atoms with Crippen molar-refractivity contribution in [1.82, 2.24) is 10.6 Å². The summed E-state index contributed by atoms with van der Waals surface area (Å²) in [7, 11) is 1.45. The van der Waals surface area contributed by atoms with Crippen LogP contribution in [0.15, 0.2) is 17.0 Å². The van der Waals surface area contributed by atoms with Crippen molar-refractivity contribution in [2.24, 2.45) is 0 Å². The molecule has 1 saturated heterocycles. The summed E-state index contributed by atoms with van der Waals surface area (Å²) in [5.74, 6) is -0.00927. The van der Waals surface area contributed by atoms with Crippen molar-refractivity contribution in [3.8, 4) is 5.75 Å². The minimum Gasteiger partial charge on any atom is -0.495 e. The van der Waals surface area contributed by atoms with Gasteiger partial charge in [-0.3, -0.25) is 14.9 Å². The third-order valence-electron chi connectivity index (χ3n) is 3.90. The van der Waals surface area contributed by atoms with Crippen LogP contribution in [0.1, 0.15) is 30.1 Å². The largest absolute Gasteiger partial charge is 0.495 e. The van der Waals surface area contributed by atoms with Crippen LogP contribution in [0, 0.1) is 10.1 Å². The Balaban J connectivity index is 2.29. The maximum atomic E-state index is 12.5. The molecule has 1 aliphatic rings. The van der Waals surface area contributed by atoms with Gasteiger partial charge < -0.3 is 15.4 Å². The molecule has 1 heterocycles. The first-order valence-corrected chi connectivity index (χ1v) is 8.63. The smallest absolute Gasteiger partial charge is 0.285 e. The van der Waals surface area contributed by atoms with Gasteiger partial charge in [-0.2, -0.15) is 0 Å². The number of nitrogens with one attached hydrogen (secondary N) is 2. The van der Waals surface area contributed by atoms with E-state index in [0.29, 0.717) is 16.7 Å². The van der Waals surface area contributed by atoms with Crippen LogP contribution < -0.4 is 15.4 Å². The Labute approximate surface area is 139 Å². The van der Waals surface area contributed by atoms with Crippen LogP contribution >= 0.6 is 11.8 Å². The fraction of sp³-hybridized carbons (Fsp3) is 0.533. The second kappa shape index (κ2) is 7.65. The molecule has 2 N–H and O–H groups in total. The summed E-state index contributed by atoms with van der Waals surface area (Å²) in [6.07, 6.45) is 3.46. The zero-order valence-corrected chi connectivity index (χ0v) is 14.2. The van der Waals surface area contributed by atoms with Crippen LogP contribution in [0.4, 0.5) is 5.69 Å². The first-order valence-electron chi connectivity index (χ1n) is 7.41. The Morgan fingerprint density at radius 3 is 2.83 bits per heavy atom. The third kappa shape index (κ3) is 4.14. The number of nitro benzene ring substituents is 1. The summed E-state index contributed by atoms with van der Waals surface area (Å²) < 4.78 is 5.16. The number of piperidine rings is 1. The molecule has 1 amide bonds. The van der Waals surface area contributed by atoms with E-state index in [1.165, 1.54) is 31.0 Å². The lowest BCUT2D eigenvalue weighted by Crippen LogP contribution is -2.46. The Hall–Kier alpha value is -1.80. The molecule has 0 saturated carbocycles. The normalized spacial score (nSPS) is 20.8. The number of hydrogen-bond donors (Lipinski definition) is 2. The maximum absolute atomic E-state index is 12.5. The predicted octanol–water partition coefficient (Wildman–Crippen LogP) is 2.20. The number of benzene rings is 1. The van der Waals surface area contributed by atoms with E-state index in [1.807, 2.05) is 6.26 Å². The van der Waals surface area contributed by atoms with Crippen LogP contribution in [0.5, 0.6) is 5.75 Å². The number of methoxy groups -OCH3 is 1. The van der Waals surface area contributed by atoms with E-state index in [4.69, 9.17) is 4.74 Å². The van der Waals surface area contributed by atoms with Gasteiger partial charge >= 0.3 is 0 Å². The van der Waals surface area contributed by atoms with Gasteiger partial charge in [-0.1, -0.05) is 0 Å². The molecule has 0 aromatic heterocycles. The Morgan fingerprint density at radius 1 is 1.52 bits per heavy atom. The van der Waals surface area contributed by atoms with Crippen molar-refractivity contribution in [1.29, 1.82) is 0 Å². The monoisotopic (exact) mass is 339 g/mol. The number of nitro groups is 1. The average molecular weight is 339 g/mol. The summed E-state index contributed by atoms with van der Waals surface area (Å²) in [4.78, 5) is 24.0. The van der Waals surface area contributed by atoms with E-state index in [2.05, 4.69) is 17.6 Å². The first kappa shape index (κ1) is 17.6. The molecule has 7 nitrogen and oxygen atoms in total.